The zero-order valence-corrected chi connectivity index (χ0v) is 15.7. The zero-order chi connectivity index (χ0) is 17.6. The van der Waals surface area contributed by atoms with E-state index in [1.165, 1.54) is 25.7 Å². The fourth-order valence-corrected chi connectivity index (χ4v) is 5.12. The fourth-order valence-electron chi connectivity index (χ4n) is 5.12. The molecule has 0 radical (unpaired) electrons. The van der Waals surface area contributed by atoms with Crippen LogP contribution >= 0.6 is 0 Å². The summed E-state index contributed by atoms with van der Waals surface area (Å²) in [5, 5.41) is 0. The van der Waals surface area contributed by atoms with Gasteiger partial charge in [0.15, 0.2) is 0 Å². The minimum absolute atomic E-state index is 0.345. The van der Waals surface area contributed by atoms with Crippen LogP contribution in [0.3, 0.4) is 0 Å². The largest absolute Gasteiger partial charge is 0.356 e. The van der Waals surface area contributed by atoms with Crippen LogP contribution in [-0.4, -0.2) is 47.0 Å². The average molecular weight is 342 g/mol. The summed E-state index contributed by atoms with van der Waals surface area (Å²) in [7, 11) is 2.03. The molecule has 1 aromatic heterocycles. The van der Waals surface area contributed by atoms with Crippen LogP contribution in [0.15, 0.2) is 6.07 Å². The van der Waals surface area contributed by atoms with Crippen LogP contribution in [0, 0.1) is 31.6 Å². The number of amides is 1. The van der Waals surface area contributed by atoms with E-state index in [4.69, 9.17) is 0 Å². The van der Waals surface area contributed by atoms with E-state index in [9.17, 15) is 4.79 Å². The molecule has 5 nitrogen and oxygen atoms in total. The first-order valence-electron chi connectivity index (χ1n) is 9.88. The molecule has 2 aliphatic carbocycles. The Bertz CT molecular complexity index is 621. The van der Waals surface area contributed by atoms with Crippen molar-refractivity contribution in [2.75, 3.05) is 25.0 Å². The maximum atomic E-state index is 12.9. The molecule has 0 aromatic carbocycles. The summed E-state index contributed by atoms with van der Waals surface area (Å²) in [6.45, 7) is 5.91. The monoisotopic (exact) mass is 342 g/mol. The third-order valence-corrected chi connectivity index (χ3v) is 6.58. The van der Waals surface area contributed by atoms with Gasteiger partial charge in [-0.25, -0.2) is 9.97 Å². The summed E-state index contributed by atoms with van der Waals surface area (Å²) in [5.74, 6) is 4.04. The molecule has 25 heavy (non-hydrogen) atoms. The number of piperidine rings is 1. The molecule has 2 atom stereocenters. The van der Waals surface area contributed by atoms with Gasteiger partial charge < -0.3 is 9.80 Å². The molecule has 1 saturated heterocycles. The van der Waals surface area contributed by atoms with Crippen molar-refractivity contribution in [1.82, 2.24) is 14.9 Å². The first-order valence-corrected chi connectivity index (χ1v) is 9.88. The summed E-state index contributed by atoms with van der Waals surface area (Å²) < 4.78 is 0. The van der Waals surface area contributed by atoms with Crippen LogP contribution in [-0.2, 0) is 4.79 Å². The molecule has 5 heteroatoms. The summed E-state index contributed by atoms with van der Waals surface area (Å²) in [6.07, 6.45) is 7.27. The van der Waals surface area contributed by atoms with E-state index < -0.39 is 0 Å². The highest BCUT2D eigenvalue weighted by molar-refractivity contribution is 5.82. The van der Waals surface area contributed by atoms with Gasteiger partial charge in [0.2, 0.25) is 5.91 Å². The van der Waals surface area contributed by atoms with Crippen molar-refractivity contribution in [3.05, 3.63) is 17.6 Å². The lowest BCUT2D eigenvalue weighted by Gasteiger charge is -2.37. The number of carbonyl (C=O) groups is 1. The van der Waals surface area contributed by atoms with Crippen LogP contribution < -0.4 is 4.90 Å². The second-order valence-corrected chi connectivity index (χ2v) is 8.22. The lowest BCUT2D eigenvalue weighted by Crippen LogP contribution is -2.46. The van der Waals surface area contributed by atoms with E-state index in [1.54, 1.807) is 0 Å². The van der Waals surface area contributed by atoms with Gasteiger partial charge >= 0.3 is 0 Å². The lowest BCUT2D eigenvalue weighted by atomic mass is 10.0. The number of aryl methyl sites for hydroxylation is 2. The molecular weight excluding hydrogens is 312 g/mol. The first kappa shape index (κ1) is 16.8. The van der Waals surface area contributed by atoms with Crippen LogP contribution in [0.25, 0.3) is 0 Å². The Morgan fingerprint density at radius 1 is 1.08 bits per heavy atom. The molecule has 0 N–H and O–H groups in total. The van der Waals surface area contributed by atoms with Gasteiger partial charge in [0.25, 0.3) is 0 Å². The summed E-state index contributed by atoms with van der Waals surface area (Å²) in [4.78, 5) is 26.3. The molecule has 1 aliphatic heterocycles. The molecule has 3 fully saturated rings. The minimum Gasteiger partial charge on any atom is -0.356 e. The number of aromatic nitrogens is 2. The van der Waals surface area contributed by atoms with Crippen LogP contribution in [0.2, 0.25) is 0 Å². The van der Waals surface area contributed by atoms with Crippen molar-refractivity contribution in [1.29, 1.82) is 0 Å². The highest BCUT2D eigenvalue weighted by Gasteiger charge is 2.55. The van der Waals surface area contributed by atoms with Crippen molar-refractivity contribution in [3.63, 3.8) is 0 Å². The molecule has 136 valence electrons. The quantitative estimate of drug-likeness (QED) is 0.847. The molecule has 0 spiro atoms. The second kappa shape index (κ2) is 6.58. The van der Waals surface area contributed by atoms with Gasteiger partial charge in [-0.2, -0.15) is 0 Å². The van der Waals surface area contributed by atoms with E-state index in [0.29, 0.717) is 29.7 Å². The highest BCUT2D eigenvalue weighted by Crippen LogP contribution is 2.56. The number of hydrogen-bond donors (Lipinski definition) is 0. The number of nitrogens with zero attached hydrogens (tertiary/aromatic N) is 4. The predicted octanol–water partition coefficient (Wildman–Crippen LogP) is 2.96. The van der Waals surface area contributed by atoms with Gasteiger partial charge in [-0.05, 0) is 51.4 Å². The standard InChI is InChI=1S/C20H30N4O/c1-13-12-18(22-14(2)21-13)24-10-8-15(9-11-24)23(3)20(25)19-16-6-4-5-7-17(16)19/h12,15-17,19H,4-11H2,1-3H3/t16-,17-/m1/s1. The number of anilines is 1. The molecule has 4 rings (SSSR count). The van der Waals surface area contributed by atoms with Gasteiger partial charge in [0, 0.05) is 43.9 Å². The summed E-state index contributed by atoms with van der Waals surface area (Å²) >= 11 is 0. The minimum atomic E-state index is 0.345. The van der Waals surface area contributed by atoms with Crippen molar-refractivity contribution >= 4 is 11.7 Å². The van der Waals surface area contributed by atoms with Crippen LogP contribution in [0.1, 0.15) is 50.0 Å². The second-order valence-electron chi connectivity index (χ2n) is 8.22. The number of hydrogen-bond acceptors (Lipinski definition) is 4. The Balaban J connectivity index is 1.34. The predicted molar refractivity (Wildman–Crippen MR) is 98.4 cm³/mol. The summed E-state index contributed by atoms with van der Waals surface area (Å²) in [5.41, 5.74) is 1.02. The van der Waals surface area contributed by atoms with Gasteiger partial charge in [-0.15, -0.1) is 0 Å². The third kappa shape index (κ3) is 3.25. The molecule has 0 unspecified atom stereocenters. The van der Waals surface area contributed by atoms with Crippen molar-refractivity contribution in [3.8, 4) is 0 Å². The number of rotatable bonds is 3. The Labute approximate surface area is 150 Å². The molecule has 0 bridgehead atoms. The molecule has 2 heterocycles. The van der Waals surface area contributed by atoms with E-state index >= 15 is 0 Å². The topological polar surface area (TPSA) is 49.3 Å². The Kier molecular flexibility index (Phi) is 4.42. The average Bonchev–Trinajstić information content (AvgIpc) is 3.34. The normalized spacial score (nSPS) is 29.2. The highest BCUT2D eigenvalue weighted by atomic mass is 16.2. The maximum Gasteiger partial charge on any atom is 0.226 e. The Hall–Kier alpha value is -1.65. The SMILES string of the molecule is Cc1cc(N2CCC(N(C)C(=O)C3[C@@H]4CCCC[C@@H]34)CC2)nc(C)n1. The fraction of sp³-hybridized carbons (Fsp3) is 0.750. The maximum absolute atomic E-state index is 12.9. The summed E-state index contributed by atoms with van der Waals surface area (Å²) in [6, 6.07) is 2.45. The third-order valence-electron chi connectivity index (χ3n) is 6.58. The van der Waals surface area contributed by atoms with E-state index in [1.807, 2.05) is 20.9 Å². The smallest absolute Gasteiger partial charge is 0.226 e. The zero-order valence-electron chi connectivity index (χ0n) is 15.7. The van der Waals surface area contributed by atoms with Crippen molar-refractivity contribution in [2.24, 2.45) is 17.8 Å². The Morgan fingerprint density at radius 2 is 1.72 bits per heavy atom. The lowest BCUT2D eigenvalue weighted by molar-refractivity contribution is -0.134. The van der Waals surface area contributed by atoms with Crippen molar-refractivity contribution < 1.29 is 4.79 Å². The molecule has 1 aromatic rings. The van der Waals surface area contributed by atoms with Crippen LogP contribution in [0.4, 0.5) is 5.82 Å². The van der Waals surface area contributed by atoms with E-state index in [0.717, 1.165) is 43.3 Å². The van der Waals surface area contributed by atoms with Gasteiger partial charge in [0.1, 0.15) is 11.6 Å². The number of fused-ring (bicyclic) bond motifs is 1. The molecular formula is C20H30N4O. The molecule has 2 saturated carbocycles. The molecule has 1 amide bonds. The molecule has 3 aliphatic rings. The van der Waals surface area contributed by atoms with E-state index in [-0.39, 0.29) is 0 Å². The van der Waals surface area contributed by atoms with Gasteiger partial charge in [0.05, 0.1) is 0 Å². The van der Waals surface area contributed by atoms with Crippen LogP contribution in [0.5, 0.6) is 0 Å². The van der Waals surface area contributed by atoms with E-state index in [2.05, 4.69) is 25.8 Å². The first-order chi connectivity index (χ1) is 12.0. The Morgan fingerprint density at radius 3 is 2.32 bits per heavy atom. The van der Waals surface area contributed by atoms with Gasteiger partial charge in [-0.1, -0.05) is 12.8 Å². The van der Waals surface area contributed by atoms with Gasteiger partial charge in [-0.3, -0.25) is 4.79 Å². The number of carbonyl (C=O) groups excluding carboxylic acids is 1. The van der Waals surface area contributed by atoms with Crippen molar-refractivity contribution in [2.45, 2.75) is 58.4 Å².